The van der Waals surface area contributed by atoms with Crippen LogP contribution in [0.15, 0.2) is 180 Å². The van der Waals surface area contributed by atoms with Gasteiger partial charge in [-0.15, -0.1) is 11.3 Å². The zero-order chi connectivity index (χ0) is 32.3. The summed E-state index contributed by atoms with van der Waals surface area (Å²) in [5.41, 5.74) is 9.95. The summed E-state index contributed by atoms with van der Waals surface area (Å²) < 4.78 is 8.83. The highest BCUT2D eigenvalue weighted by Gasteiger charge is 2.23. The molecule has 2 heterocycles. The van der Waals surface area contributed by atoms with Crippen molar-refractivity contribution in [2.75, 3.05) is 4.90 Å². The van der Waals surface area contributed by atoms with Crippen molar-refractivity contribution in [1.29, 1.82) is 0 Å². The monoisotopic (exact) mass is 643 g/mol. The number of furan rings is 1. The van der Waals surface area contributed by atoms with Gasteiger partial charge in [0.25, 0.3) is 0 Å². The summed E-state index contributed by atoms with van der Waals surface area (Å²) in [4.78, 5) is 2.45. The molecule has 0 saturated carbocycles. The van der Waals surface area contributed by atoms with E-state index in [2.05, 4.69) is 169 Å². The molecule has 10 aromatic rings. The summed E-state index contributed by atoms with van der Waals surface area (Å²) in [5.74, 6) is 0. The SMILES string of the molecule is c1ccc(-c2ccc3c(sc4ccccc43)c2N(c2ccc(-c3cccc4ccccc34)cc2)c2ccc3oc4ccccc4c3c2)cc1. The van der Waals surface area contributed by atoms with Gasteiger partial charge in [0, 0.05) is 43.2 Å². The number of fused-ring (bicyclic) bond motifs is 7. The van der Waals surface area contributed by atoms with Crippen LogP contribution in [0.1, 0.15) is 0 Å². The van der Waals surface area contributed by atoms with Crippen molar-refractivity contribution in [3.63, 3.8) is 0 Å². The van der Waals surface area contributed by atoms with Crippen LogP contribution in [0.3, 0.4) is 0 Å². The molecule has 2 aromatic heterocycles. The fraction of sp³-hybridized carbons (Fsp3) is 0. The zero-order valence-electron chi connectivity index (χ0n) is 26.5. The van der Waals surface area contributed by atoms with Crippen LogP contribution in [0.5, 0.6) is 0 Å². The van der Waals surface area contributed by atoms with Gasteiger partial charge >= 0.3 is 0 Å². The number of hydrogen-bond acceptors (Lipinski definition) is 3. The summed E-state index contributed by atoms with van der Waals surface area (Å²) in [5, 5.41) is 7.28. The molecule has 0 fully saturated rings. The van der Waals surface area contributed by atoms with E-state index in [0.29, 0.717) is 0 Å². The van der Waals surface area contributed by atoms with Gasteiger partial charge in [-0.1, -0.05) is 133 Å². The molecule has 0 aliphatic rings. The maximum absolute atomic E-state index is 6.29. The summed E-state index contributed by atoms with van der Waals surface area (Å²) in [6.45, 7) is 0. The van der Waals surface area contributed by atoms with Crippen molar-refractivity contribution in [3.8, 4) is 22.3 Å². The predicted octanol–water partition coefficient (Wildman–Crippen LogP) is 13.9. The predicted molar refractivity (Wildman–Crippen MR) is 210 cm³/mol. The van der Waals surface area contributed by atoms with Crippen LogP contribution < -0.4 is 4.90 Å². The van der Waals surface area contributed by atoms with Gasteiger partial charge in [-0.05, 0) is 69.9 Å². The molecule has 0 N–H and O–H groups in total. The van der Waals surface area contributed by atoms with Gasteiger partial charge in [-0.3, -0.25) is 0 Å². The van der Waals surface area contributed by atoms with Crippen molar-refractivity contribution >= 4 is 81.3 Å². The molecule has 3 heteroatoms. The summed E-state index contributed by atoms with van der Waals surface area (Å²) in [7, 11) is 0. The van der Waals surface area contributed by atoms with Crippen LogP contribution in [-0.2, 0) is 0 Å². The molecule has 10 rings (SSSR count). The van der Waals surface area contributed by atoms with E-state index in [-0.39, 0.29) is 0 Å². The van der Waals surface area contributed by atoms with E-state index in [1.807, 2.05) is 23.5 Å². The Kier molecular flexibility index (Phi) is 6.39. The van der Waals surface area contributed by atoms with E-state index in [9.17, 15) is 0 Å². The molecule has 2 nitrogen and oxygen atoms in total. The second-order valence-electron chi connectivity index (χ2n) is 12.5. The molecule has 0 atom stereocenters. The maximum Gasteiger partial charge on any atom is 0.135 e. The van der Waals surface area contributed by atoms with Gasteiger partial charge in [-0.2, -0.15) is 0 Å². The number of rotatable bonds is 5. The van der Waals surface area contributed by atoms with Crippen LogP contribution in [-0.4, -0.2) is 0 Å². The molecule has 0 radical (unpaired) electrons. The molecule has 0 spiro atoms. The van der Waals surface area contributed by atoms with E-state index in [0.717, 1.165) is 33.3 Å². The van der Waals surface area contributed by atoms with Crippen molar-refractivity contribution < 1.29 is 4.42 Å². The number of para-hydroxylation sites is 1. The van der Waals surface area contributed by atoms with E-state index in [4.69, 9.17) is 4.42 Å². The second kappa shape index (κ2) is 11.2. The minimum Gasteiger partial charge on any atom is -0.456 e. The van der Waals surface area contributed by atoms with Crippen LogP contribution in [0.25, 0.3) is 75.1 Å². The van der Waals surface area contributed by atoms with Crippen molar-refractivity contribution in [3.05, 3.63) is 176 Å². The molecule has 230 valence electrons. The molecule has 0 unspecified atom stereocenters. The lowest BCUT2D eigenvalue weighted by Gasteiger charge is -2.29. The number of hydrogen-bond donors (Lipinski definition) is 0. The summed E-state index contributed by atoms with van der Waals surface area (Å²) in [6, 6.07) is 63.3. The van der Waals surface area contributed by atoms with Gasteiger partial charge in [0.1, 0.15) is 11.2 Å². The van der Waals surface area contributed by atoms with Gasteiger partial charge in [0.15, 0.2) is 0 Å². The van der Waals surface area contributed by atoms with Gasteiger partial charge in [0.2, 0.25) is 0 Å². The Labute approximate surface area is 287 Å². The minimum atomic E-state index is 0.888. The minimum absolute atomic E-state index is 0.888. The third-order valence-corrected chi connectivity index (χ3v) is 10.9. The Balaban J connectivity index is 1.26. The summed E-state index contributed by atoms with van der Waals surface area (Å²) in [6.07, 6.45) is 0. The van der Waals surface area contributed by atoms with Gasteiger partial charge < -0.3 is 9.32 Å². The fourth-order valence-corrected chi connectivity index (χ4v) is 8.62. The molecule has 49 heavy (non-hydrogen) atoms. The van der Waals surface area contributed by atoms with E-state index < -0.39 is 0 Å². The standard InChI is InChI=1S/C46H29NOS/c1-2-11-31(12-3-1)37-26-27-40-39-17-7-9-20-44(39)49-46(40)45(37)47(34-25-28-43-41(29-34)38-16-6-8-19-42(38)48-43)33-23-21-32(22-24-33)36-18-10-14-30-13-4-5-15-35(30)36/h1-29H. The van der Waals surface area contributed by atoms with Crippen molar-refractivity contribution in [2.24, 2.45) is 0 Å². The summed E-state index contributed by atoms with van der Waals surface area (Å²) >= 11 is 1.86. The van der Waals surface area contributed by atoms with Crippen LogP contribution in [0.2, 0.25) is 0 Å². The molecule has 0 amide bonds. The Bertz CT molecular complexity index is 2820. The first-order valence-electron chi connectivity index (χ1n) is 16.6. The first-order valence-corrected chi connectivity index (χ1v) is 17.4. The van der Waals surface area contributed by atoms with Crippen LogP contribution >= 0.6 is 11.3 Å². The highest BCUT2D eigenvalue weighted by molar-refractivity contribution is 7.26. The third kappa shape index (κ3) is 4.55. The smallest absolute Gasteiger partial charge is 0.135 e. The average Bonchev–Trinajstić information content (AvgIpc) is 3.74. The van der Waals surface area contributed by atoms with Gasteiger partial charge in [0.05, 0.1) is 10.4 Å². The van der Waals surface area contributed by atoms with E-state index >= 15 is 0 Å². The Morgan fingerprint density at radius 3 is 1.96 bits per heavy atom. The molecule has 8 aromatic carbocycles. The lowest BCUT2D eigenvalue weighted by molar-refractivity contribution is 0.669. The normalized spacial score (nSPS) is 11.7. The lowest BCUT2D eigenvalue weighted by atomic mass is 9.97. The van der Waals surface area contributed by atoms with Gasteiger partial charge in [-0.25, -0.2) is 0 Å². The second-order valence-corrected chi connectivity index (χ2v) is 13.5. The molecule has 0 aliphatic carbocycles. The zero-order valence-corrected chi connectivity index (χ0v) is 27.3. The Morgan fingerprint density at radius 2 is 1.08 bits per heavy atom. The number of anilines is 3. The molecular formula is C46H29NOS. The lowest BCUT2D eigenvalue weighted by Crippen LogP contribution is -2.11. The fourth-order valence-electron chi connectivity index (χ4n) is 7.37. The molecule has 0 aliphatic heterocycles. The van der Waals surface area contributed by atoms with E-state index in [1.54, 1.807) is 0 Å². The number of nitrogens with zero attached hydrogens (tertiary/aromatic N) is 1. The Hall–Kier alpha value is -6.16. The first kappa shape index (κ1) is 27.9. The maximum atomic E-state index is 6.29. The first-order chi connectivity index (χ1) is 24.3. The van der Waals surface area contributed by atoms with E-state index in [1.165, 1.54) is 58.9 Å². The number of thiophene rings is 1. The largest absolute Gasteiger partial charge is 0.456 e. The molecular weight excluding hydrogens is 615 g/mol. The van der Waals surface area contributed by atoms with Crippen LogP contribution in [0, 0.1) is 0 Å². The highest BCUT2D eigenvalue weighted by Crippen LogP contribution is 2.50. The van der Waals surface area contributed by atoms with Crippen LogP contribution in [0.4, 0.5) is 17.1 Å². The molecule has 0 bridgehead atoms. The Morgan fingerprint density at radius 1 is 0.408 bits per heavy atom. The quantitative estimate of drug-likeness (QED) is 0.186. The number of benzene rings is 8. The third-order valence-electron chi connectivity index (χ3n) is 9.67. The van der Waals surface area contributed by atoms with Crippen molar-refractivity contribution in [2.45, 2.75) is 0 Å². The topological polar surface area (TPSA) is 16.4 Å². The molecule has 0 saturated heterocycles. The van der Waals surface area contributed by atoms with Crippen molar-refractivity contribution in [1.82, 2.24) is 0 Å². The average molecular weight is 644 g/mol. The highest BCUT2D eigenvalue weighted by atomic mass is 32.1.